The van der Waals surface area contributed by atoms with Crippen molar-refractivity contribution in [2.45, 2.75) is 132 Å². The van der Waals surface area contributed by atoms with Gasteiger partial charge in [0.1, 0.15) is 23.7 Å². The number of benzene rings is 1. The van der Waals surface area contributed by atoms with Crippen molar-refractivity contribution in [1.29, 1.82) is 0 Å². The van der Waals surface area contributed by atoms with Crippen molar-refractivity contribution < 1.29 is 14.2 Å². The Labute approximate surface area is 217 Å². The molecular weight excluding hydrogens is 432 g/mol. The van der Waals surface area contributed by atoms with Crippen molar-refractivity contribution in [3.8, 4) is 11.5 Å². The first-order valence-corrected chi connectivity index (χ1v) is 14.5. The van der Waals surface area contributed by atoms with E-state index in [-0.39, 0.29) is 5.60 Å². The minimum absolute atomic E-state index is 0.0558. The maximum Gasteiger partial charge on any atom is 0.127 e. The monoisotopic (exact) mass is 488 g/mol. The first-order chi connectivity index (χ1) is 16.6. The summed E-state index contributed by atoms with van der Waals surface area (Å²) in [4.78, 5) is 0. The number of hydrogen-bond acceptors (Lipinski definition) is 3. The zero-order valence-electron chi connectivity index (χ0n) is 24.6. The molecule has 0 saturated carbocycles. The van der Waals surface area contributed by atoms with Crippen LogP contribution in [0.4, 0.5) is 0 Å². The third-order valence-corrected chi connectivity index (χ3v) is 8.37. The fourth-order valence-electron chi connectivity index (χ4n) is 5.70. The van der Waals surface area contributed by atoms with E-state index in [1.807, 2.05) is 0 Å². The molecule has 1 aromatic carbocycles. The summed E-state index contributed by atoms with van der Waals surface area (Å²) in [5.74, 6) is 4.69. The van der Waals surface area contributed by atoms with Gasteiger partial charge < -0.3 is 14.2 Å². The van der Waals surface area contributed by atoms with Gasteiger partial charge in [-0.15, -0.1) is 0 Å². The molecule has 0 unspecified atom stereocenters. The predicted molar refractivity (Wildman–Crippen MR) is 150 cm³/mol. The summed E-state index contributed by atoms with van der Waals surface area (Å²) in [6.45, 7) is 19.6. The van der Waals surface area contributed by atoms with Crippen LogP contribution >= 0.6 is 0 Å². The van der Waals surface area contributed by atoms with Crippen LogP contribution in [0.2, 0.25) is 0 Å². The van der Waals surface area contributed by atoms with Crippen LogP contribution in [0, 0.1) is 38.5 Å². The summed E-state index contributed by atoms with van der Waals surface area (Å²) in [7, 11) is 1.72. The lowest BCUT2D eigenvalue weighted by Gasteiger charge is -2.38. The predicted octanol–water partition coefficient (Wildman–Crippen LogP) is 9.16. The molecule has 0 radical (unpaired) electrons. The van der Waals surface area contributed by atoms with Crippen LogP contribution in [0.5, 0.6) is 11.5 Å². The van der Waals surface area contributed by atoms with Gasteiger partial charge in [-0.1, -0.05) is 72.6 Å². The molecular formula is C32H56O3. The Hall–Kier alpha value is -1.22. The van der Waals surface area contributed by atoms with Crippen molar-refractivity contribution in [2.75, 3.05) is 20.3 Å². The van der Waals surface area contributed by atoms with Crippen LogP contribution in [0.25, 0.3) is 0 Å². The highest BCUT2D eigenvalue weighted by Crippen LogP contribution is 2.45. The molecule has 0 aromatic heterocycles. The van der Waals surface area contributed by atoms with E-state index in [0.717, 1.165) is 48.5 Å². The molecule has 1 aliphatic rings. The highest BCUT2D eigenvalue weighted by Gasteiger charge is 2.34. The summed E-state index contributed by atoms with van der Waals surface area (Å²) in [5.41, 5.74) is 4.97. The highest BCUT2D eigenvalue weighted by molar-refractivity contribution is 5.59. The van der Waals surface area contributed by atoms with Crippen molar-refractivity contribution in [2.24, 2.45) is 17.8 Å². The van der Waals surface area contributed by atoms with Crippen LogP contribution in [0.15, 0.2) is 0 Å². The fraction of sp³-hybridized carbons (Fsp3) is 0.812. The molecule has 0 aliphatic carbocycles. The molecule has 35 heavy (non-hydrogen) atoms. The maximum atomic E-state index is 6.76. The van der Waals surface area contributed by atoms with E-state index >= 15 is 0 Å². The number of hydrogen-bond donors (Lipinski definition) is 0. The normalized spacial score (nSPS) is 19.4. The lowest BCUT2D eigenvalue weighted by molar-refractivity contribution is 0.0510. The van der Waals surface area contributed by atoms with E-state index in [9.17, 15) is 0 Å². The molecule has 0 spiro atoms. The second-order valence-electron chi connectivity index (χ2n) is 12.3. The van der Waals surface area contributed by atoms with Crippen LogP contribution < -0.4 is 9.47 Å². The Morgan fingerprint density at radius 2 is 1.40 bits per heavy atom. The number of fused-ring (bicyclic) bond motifs is 1. The van der Waals surface area contributed by atoms with E-state index in [1.54, 1.807) is 7.11 Å². The molecule has 1 aliphatic heterocycles. The summed E-state index contributed by atoms with van der Waals surface area (Å²) in [6, 6.07) is 0. The highest BCUT2D eigenvalue weighted by atomic mass is 16.5. The van der Waals surface area contributed by atoms with Gasteiger partial charge in [0.05, 0.1) is 6.61 Å². The summed E-state index contributed by atoms with van der Waals surface area (Å²) in [6.07, 6.45) is 14.2. The summed E-state index contributed by atoms with van der Waals surface area (Å²) < 4.78 is 18.0. The maximum absolute atomic E-state index is 6.76. The number of ether oxygens (including phenoxy) is 3. The zero-order chi connectivity index (χ0) is 26.0. The van der Waals surface area contributed by atoms with Gasteiger partial charge in [-0.3, -0.25) is 0 Å². The average molecular weight is 489 g/mol. The molecule has 0 saturated heterocycles. The third kappa shape index (κ3) is 9.30. The second kappa shape index (κ2) is 14.5. The van der Waals surface area contributed by atoms with E-state index in [1.165, 1.54) is 73.6 Å². The minimum atomic E-state index is -0.0558. The Kier molecular flexibility index (Phi) is 12.4. The molecule has 1 heterocycles. The molecule has 0 N–H and O–H groups in total. The number of methoxy groups -OCH3 is 1. The summed E-state index contributed by atoms with van der Waals surface area (Å²) in [5, 5.41) is 0. The Morgan fingerprint density at radius 3 is 2.00 bits per heavy atom. The Morgan fingerprint density at radius 1 is 0.800 bits per heavy atom. The van der Waals surface area contributed by atoms with E-state index in [2.05, 4.69) is 55.4 Å². The minimum Gasteiger partial charge on any atom is -0.491 e. The fourth-order valence-corrected chi connectivity index (χ4v) is 5.70. The van der Waals surface area contributed by atoms with Crippen molar-refractivity contribution in [3.63, 3.8) is 0 Å². The SMILES string of the molecule is COCCOc1c(C)c(C)c2c(c1C)CC[C@@](C)(CCC[C@H](C)CCC[C@H](C)CCCC(C)C)O2. The van der Waals surface area contributed by atoms with Gasteiger partial charge in [0, 0.05) is 12.7 Å². The molecule has 3 atom stereocenters. The van der Waals surface area contributed by atoms with Gasteiger partial charge in [-0.25, -0.2) is 0 Å². The lowest BCUT2D eigenvalue weighted by atomic mass is 9.83. The van der Waals surface area contributed by atoms with Gasteiger partial charge in [0.2, 0.25) is 0 Å². The van der Waals surface area contributed by atoms with Gasteiger partial charge in [-0.05, 0) is 87.8 Å². The van der Waals surface area contributed by atoms with E-state index < -0.39 is 0 Å². The number of rotatable bonds is 16. The second-order valence-corrected chi connectivity index (χ2v) is 12.3. The molecule has 1 aromatic rings. The van der Waals surface area contributed by atoms with Gasteiger partial charge in [-0.2, -0.15) is 0 Å². The van der Waals surface area contributed by atoms with Gasteiger partial charge >= 0.3 is 0 Å². The smallest absolute Gasteiger partial charge is 0.127 e. The molecule has 2 rings (SSSR count). The zero-order valence-corrected chi connectivity index (χ0v) is 24.6. The molecule has 202 valence electrons. The van der Waals surface area contributed by atoms with Crippen LogP contribution in [0.3, 0.4) is 0 Å². The van der Waals surface area contributed by atoms with Crippen LogP contribution in [-0.4, -0.2) is 25.9 Å². The third-order valence-electron chi connectivity index (χ3n) is 8.37. The quantitative estimate of drug-likeness (QED) is 0.217. The first kappa shape index (κ1) is 30.0. The Balaban J connectivity index is 1.81. The average Bonchev–Trinajstić information content (AvgIpc) is 2.79. The standard InChI is InChI=1S/C32H56O3/c1-23(2)13-10-14-24(3)15-11-16-25(4)17-12-19-32(8)20-18-29-28(7)30(34-22-21-33-9)26(5)27(6)31(29)35-32/h23-25H,10-22H2,1-9H3/t24-,25-,32-/m1/s1. The van der Waals surface area contributed by atoms with Crippen molar-refractivity contribution >= 4 is 0 Å². The largest absolute Gasteiger partial charge is 0.491 e. The molecule has 0 bridgehead atoms. The lowest BCUT2D eigenvalue weighted by Crippen LogP contribution is -2.37. The summed E-state index contributed by atoms with van der Waals surface area (Å²) >= 11 is 0. The molecule has 0 fully saturated rings. The van der Waals surface area contributed by atoms with Gasteiger partial charge in [0.15, 0.2) is 0 Å². The van der Waals surface area contributed by atoms with E-state index in [0.29, 0.717) is 13.2 Å². The topological polar surface area (TPSA) is 27.7 Å². The molecule has 3 nitrogen and oxygen atoms in total. The van der Waals surface area contributed by atoms with Crippen LogP contribution in [0.1, 0.15) is 121 Å². The molecule has 0 amide bonds. The first-order valence-electron chi connectivity index (χ1n) is 14.5. The Bertz CT molecular complexity index is 769. The molecule has 3 heteroatoms. The van der Waals surface area contributed by atoms with E-state index in [4.69, 9.17) is 14.2 Å². The van der Waals surface area contributed by atoms with Crippen molar-refractivity contribution in [1.82, 2.24) is 0 Å². The van der Waals surface area contributed by atoms with Gasteiger partial charge in [0.25, 0.3) is 0 Å². The van der Waals surface area contributed by atoms with Crippen molar-refractivity contribution in [3.05, 3.63) is 22.3 Å². The van der Waals surface area contributed by atoms with Crippen LogP contribution in [-0.2, 0) is 11.2 Å².